The Bertz CT molecular complexity index is 874. The van der Waals surface area contributed by atoms with E-state index in [1.54, 1.807) is 0 Å². The molecule has 1 amide bonds. The highest BCUT2D eigenvalue weighted by atomic mass is 19.3. The van der Waals surface area contributed by atoms with Crippen LogP contribution in [0.4, 0.5) is 13.2 Å². The maximum atomic E-state index is 14.7. The molecule has 2 aliphatic carbocycles. The van der Waals surface area contributed by atoms with E-state index in [0.717, 1.165) is 38.1 Å². The smallest absolute Gasteiger partial charge is 0.266 e. The predicted octanol–water partition coefficient (Wildman–Crippen LogP) is 3.78. The molecule has 1 spiro atoms. The summed E-state index contributed by atoms with van der Waals surface area (Å²) in [6.45, 7) is 0.546. The molecule has 1 heterocycles. The summed E-state index contributed by atoms with van der Waals surface area (Å²) < 4.78 is 46.7. The first-order valence-electron chi connectivity index (χ1n) is 10.4. The van der Waals surface area contributed by atoms with Crippen LogP contribution in [-0.2, 0) is 16.0 Å². The fourth-order valence-electron chi connectivity index (χ4n) is 4.36. The Morgan fingerprint density at radius 3 is 2.80 bits per heavy atom. The van der Waals surface area contributed by atoms with E-state index >= 15 is 0 Å². The molecule has 30 heavy (non-hydrogen) atoms. The number of nitrogens with one attached hydrogen (secondary N) is 1. The van der Waals surface area contributed by atoms with Crippen LogP contribution in [-0.4, -0.2) is 31.0 Å². The minimum absolute atomic E-state index is 0.00830. The number of rotatable bonds is 8. The first kappa shape index (κ1) is 20.9. The lowest BCUT2D eigenvalue weighted by atomic mass is 9.94. The predicted molar refractivity (Wildman–Crippen MR) is 107 cm³/mol. The molecule has 1 saturated heterocycles. The van der Waals surface area contributed by atoms with Crippen molar-refractivity contribution in [1.29, 1.82) is 0 Å². The number of amides is 1. The van der Waals surface area contributed by atoms with E-state index in [1.165, 1.54) is 12.1 Å². The molecule has 0 bridgehead atoms. The molecule has 2 unspecified atom stereocenters. The highest BCUT2D eigenvalue weighted by Gasteiger charge is 2.63. The number of aliphatic imine (C=N–C) groups is 1. The number of carbonyl (C=O) groups excluding carboxylic acids is 1. The molecule has 4 rings (SSSR count). The maximum Gasteiger partial charge on any atom is 0.266 e. The van der Waals surface area contributed by atoms with E-state index < -0.39 is 17.8 Å². The fourth-order valence-corrected chi connectivity index (χ4v) is 4.36. The van der Waals surface area contributed by atoms with Gasteiger partial charge in [0.25, 0.3) is 6.43 Å². The van der Waals surface area contributed by atoms with Gasteiger partial charge in [0.1, 0.15) is 5.82 Å². The highest BCUT2D eigenvalue weighted by Crippen LogP contribution is 2.65. The van der Waals surface area contributed by atoms with Crippen LogP contribution in [0.25, 0.3) is 0 Å². The summed E-state index contributed by atoms with van der Waals surface area (Å²) in [4.78, 5) is 16.8. The zero-order valence-electron chi connectivity index (χ0n) is 16.7. The topological polar surface area (TPSA) is 76.7 Å². The lowest BCUT2D eigenvalue weighted by Crippen LogP contribution is -2.28. The van der Waals surface area contributed by atoms with Gasteiger partial charge < -0.3 is 15.8 Å². The number of hydrogen-bond acceptors (Lipinski definition) is 3. The minimum Gasteiger partial charge on any atom is -0.390 e. The molecule has 1 aromatic carbocycles. The molecule has 5 nitrogen and oxygen atoms in total. The van der Waals surface area contributed by atoms with Gasteiger partial charge in [-0.3, -0.25) is 4.79 Å². The highest BCUT2D eigenvalue weighted by molar-refractivity contribution is 5.80. The van der Waals surface area contributed by atoms with Gasteiger partial charge in [0.05, 0.1) is 30.1 Å². The Labute approximate surface area is 173 Å². The van der Waals surface area contributed by atoms with Gasteiger partial charge in [0.2, 0.25) is 5.91 Å². The number of ether oxygens (including phenoxy) is 1. The first-order chi connectivity index (χ1) is 14.4. The molecule has 2 saturated carbocycles. The van der Waals surface area contributed by atoms with Crippen LogP contribution in [0, 0.1) is 11.2 Å². The van der Waals surface area contributed by atoms with Crippen LogP contribution >= 0.6 is 0 Å². The van der Waals surface area contributed by atoms with Crippen molar-refractivity contribution in [3.8, 4) is 0 Å². The Kier molecular flexibility index (Phi) is 5.86. The molecule has 162 valence electrons. The average molecular weight is 421 g/mol. The summed E-state index contributed by atoms with van der Waals surface area (Å²) >= 11 is 0. The molecule has 0 radical (unpaired) electrons. The van der Waals surface area contributed by atoms with Gasteiger partial charge in [0.15, 0.2) is 0 Å². The number of nitrogens with zero attached hydrogens (tertiary/aromatic N) is 1. The van der Waals surface area contributed by atoms with E-state index in [4.69, 9.17) is 10.5 Å². The van der Waals surface area contributed by atoms with E-state index in [1.807, 2.05) is 0 Å². The lowest BCUT2D eigenvalue weighted by Gasteiger charge is -2.19. The zero-order valence-corrected chi connectivity index (χ0v) is 16.7. The quantitative estimate of drug-likeness (QED) is 0.495. The molecule has 3 aliphatic rings. The fraction of sp³-hybridized carbons (Fsp3) is 0.545. The maximum absolute atomic E-state index is 14.7. The van der Waals surface area contributed by atoms with Crippen molar-refractivity contribution < 1.29 is 22.7 Å². The van der Waals surface area contributed by atoms with E-state index in [-0.39, 0.29) is 36.5 Å². The molecule has 3 N–H and O–H groups in total. The molecular weight excluding hydrogens is 395 g/mol. The summed E-state index contributed by atoms with van der Waals surface area (Å²) in [5.41, 5.74) is 6.37. The lowest BCUT2D eigenvalue weighted by molar-refractivity contribution is -0.120. The van der Waals surface area contributed by atoms with E-state index in [9.17, 15) is 18.0 Å². The number of hydrogen-bond donors (Lipinski definition) is 2. The van der Waals surface area contributed by atoms with Crippen LogP contribution in [0.2, 0.25) is 0 Å². The third-order valence-electron chi connectivity index (χ3n) is 6.39. The van der Waals surface area contributed by atoms with Crippen molar-refractivity contribution in [2.45, 2.75) is 63.5 Å². The number of benzene rings is 1. The van der Waals surface area contributed by atoms with Crippen molar-refractivity contribution in [2.75, 3.05) is 6.61 Å². The summed E-state index contributed by atoms with van der Waals surface area (Å²) in [7, 11) is 0. The monoisotopic (exact) mass is 421 g/mol. The zero-order chi connectivity index (χ0) is 21.3. The third kappa shape index (κ3) is 4.38. The van der Waals surface area contributed by atoms with Crippen LogP contribution in [0.1, 0.15) is 56.1 Å². The molecular formula is C22H26F3N3O2. The third-order valence-corrected chi connectivity index (χ3v) is 6.39. The second-order valence-corrected chi connectivity index (χ2v) is 8.41. The van der Waals surface area contributed by atoms with Gasteiger partial charge in [-0.1, -0.05) is 18.2 Å². The molecule has 8 heteroatoms. The first-order valence-corrected chi connectivity index (χ1v) is 10.4. The summed E-state index contributed by atoms with van der Waals surface area (Å²) in [6, 6.07) is 4.18. The van der Waals surface area contributed by atoms with Crippen LogP contribution in [0.15, 0.2) is 34.5 Å². The molecule has 0 aromatic heterocycles. The van der Waals surface area contributed by atoms with Crippen LogP contribution in [0.3, 0.4) is 0 Å². The average Bonchev–Trinajstić information content (AvgIpc) is 3.55. The Balaban J connectivity index is 1.60. The van der Waals surface area contributed by atoms with Crippen molar-refractivity contribution >= 4 is 12.2 Å². The standard InChI is InChI=1S/C22H26F3N3O2/c23-20-13(3-1-4-14(20)21(24)25)9-15(17-5-2-8-30-17)16(27-12-26)10-19(29)28-18-11-22(18)6-7-22/h1,3-4,12,17-18,21H,2,5-11H2,(H2,26,27)(H,28,29)/b16-15+. The van der Waals surface area contributed by atoms with Crippen molar-refractivity contribution in [2.24, 2.45) is 16.1 Å². The van der Waals surface area contributed by atoms with Gasteiger partial charge >= 0.3 is 0 Å². The molecule has 2 atom stereocenters. The van der Waals surface area contributed by atoms with Crippen molar-refractivity contribution in [3.05, 3.63) is 46.4 Å². The van der Waals surface area contributed by atoms with Crippen LogP contribution < -0.4 is 11.1 Å². The van der Waals surface area contributed by atoms with Crippen molar-refractivity contribution in [1.82, 2.24) is 5.32 Å². The van der Waals surface area contributed by atoms with Gasteiger partial charge in [-0.15, -0.1) is 0 Å². The SMILES string of the molecule is N/C=N\C(CC(=O)NC1CC12CC2)=C(/Cc1cccc(C(F)F)c1F)C1CCCO1. The summed E-state index contributed by atoms with van der Waals surface area (Å²) in [6.07, 6.45) is 2.72. The second kappa shape index (κ2) is 8.41. The normalized spacial score (nSPS) is 25.1. The number of alkyl halides is 2. The summed E-state index contributed by atoms with van der Waals surface area (Å²) in [5.74, 6) is -1.10. The Hall–Kier alpha value is -2.35. The van der Waals surface area contributed by atoms with Gasteiger partial charge in [0, 0.05) is 19.1 Å². The summed E-state index contributed by atoms with van der Waals surface area (Å²) in [5, 5.41) is 3.04. The van der Waals surface area contributed by atoms with Gasteiger partial charge in [-0.25, -0.2) is 18.2 Å². The molecule has 3 fully saturated rings. The Morgan fingerprint density at radius 2 is 2.20 bits per heavy atom. The van der Waals surface area contributed by atoms with Gasteiger partial charge in [-0.2, -0.15) is 0 Å². The number of nitrogens with two attached hydrogens (primary N) is 1. The van der Waals surface area contributed by atoms with Crippen molar-refractivity contribution in [3.63, 3.8) is 0 Å². The number of halogens is 3. The Morgan fingerprint density at radius 1 is 1.40 bits per heavy atom. The molecule has 1 aliphatic heterocycles. The minimum atomic E-state index is -2.90. The van der Waals surface area contributed by atoms with E-state index in [0.29, 0.717) is 29.7 Å². The van der Waals surface area contributed by atoms with E-state index in [2.05, 4.69) is 10.3 Å². The molecule has 1 aromatic rings. The number of carbonyl (C=O) groups is 1. The van der Waals surface area contributed by atoms with Gasteiger partial charge in [-0.05, 0) is 48.7 Å². The van der Waals surface area contributed by atoms with Crippen LogP contribution in [0.5, 0.6) is 0 Å². The largest absolute Gasteiger partial charge is 0.390 e. The second-order valence-electron chi connectivity index (χ2n) is 8.41.